The van der Waals surface area contributed by atoms with Gasteiger partial charge in [-0.15, -0.1) is 0 Å². The van der Waals surface area contributed by atoms with E-state index >= 15 is 0 Å². The number of ether oxygens (including phenoxy) is 2. The maximum absolute atomic E-state index is 12.7. The Balaban J connectivity index is 2.22. The van der Waals surface area contributed by atoms with Crippen LogP contribution in [0.15, 0.2) is 36.4 Å². The number of halogens is 1. The van der Waals surface area contributed by atoms with Crippen LogP contribution in [-0.2, 0) is 10.0 Å². The Labute approximate surface area is 170 Å². The van der Waals surface area contributed by atoms with Gasteiger partial charge in [0, 0.05) is 5.69 Å². The van der Waals surface area contributed by atoms with Crippen LogP contribution in [0.2, 0.25) is 5.02 Å². The van der Waals surface area contributed by atoms with E-state index in [-0.39, 0.29) is 28.2 Å². The molecule has 9 heteroatoms. The van der Waals surface area contributed by atoms with Crippen LogP contribution in [0, 0.1) is 0 Å². The number of hydrogen-bond acceptors (Lipinski definition) is 5. The van der Waals surface area contributed by atoms with E-state index in [1.54, 1.807) is 20.3 Å². The summed E-state index contributed by atoms with van der Waals surface area (Å²) in [7, 11) is -0.325. The maximum Gasteiger partial charge on any atom is 0.253 e. The molecule has 0 unspecified atom stereocenters. The second-order valence-electron chi connectivity index (χ2n) is 6.12. The molecule has 0 radical (unpaired) electrons. The average Bonchev–Trinajstić information content (AvgIpc) is 2.64. The Kier molecular flexibility index (Phi) is 7.15. The van der Waals surface area contributed by atoms with Gasteiger partial charge < -0.3 is 14.8 Å². The highest BCUT2D eigenvalue weighted by atomic mass is 35.5. The minimum atomic E-state index is -3.43. The van der Waals surface area contributed by atoms with E-state index in [1.165, 1.54) is 18.2 Å². The van der Waals surface area contributed by atoms with Gasteiger partial charge in [-0.2, -0.15) is 0 Å². The first-order valence-corrected chi connectivity index (χ1v) is 10.8. The number of sulfonamides is 1. The number of carbonyl (C=O) groups is 1. The molecule has 0 aliphatic carbocycles. The zero-order valence-corrected chi connectivity index (χ0v) is 17.6. The van der Waals surface area contributed by atoms with Crippen LogP contribution < -0.4 is 19.5 Å². The fourth-order valence-electron chi connectivity index (χ4n) is 2.70. The Morgan fingerprint density at radius 1 is 1.11 bits per heavy atom. The third kappa shape index (κ3) is 5.53. The van der Waals surface area contributed by atoms with Crippen LogP contribution in [0.4, 0.5) is 5.69 Å². The zero-order valence-electron chi connectivity index (χ0n) is 16.1. The van der Waals surface area contributed by atoms with Crippen molar-refractivity contribution in [2.75, 3.05) is 25.2 Å². The number of amides is 1. The van der Waals surface area contributed by atoms with E-state index in [9.17, 15) is 13.2 Å². The number of anilines is 1. The summed E-state index contributed by atoms with van der Waals surface area (Å²) in [5.41, 5.74) is 1.40. The highest BCUT2D eigenvalue weighted by molar-refractivity contribution is 7.92. The lowest BCUT2D eigenvalue weighted by molar-refractivity contribution is 0.0935. The predicted molar refractivity (Wildman–Crippen MR) is 110 cm³/mol. The molecule has 152 valence electrons. The minimum absolute atomic E-state index is 0.147. The lowest BCUT2D eigenvalue weighted by Crippen LogP contribution is -2.28. The third-order valence-electron chi connectivity index (χ3n) is 4.04. The van der Waals surface area contributed by atoms with Crippen molar-refractivity contribution in [3.8, 4) is 11.5 Å². The number of rotatable bonds is 8. The molecule has 2 aromatic carbocycles. The molecule has 0 heterocycles. The van der Waals surface area contributed by atoms with Crippen LogP contribution in [0.25, 0.3) is 0 Å². The quantitative estimate of drug-likeness (QED) is 0.672. The first kappa shape index (κ1) is 21.8. The lowest BCUT2D eigenvalue weighted by Gasteiger charge is -2.19. The standard InChI is InChI=1S/C19H23ClN2O5S/c1-5-16(12-6-9-17(26-2)18(10-12)27-3)21-19(23)14-8-7-13(11-15(14)20)22-28(4,24)25/h6-11,16,22H,5H2,1-4H3,(H,21,23)/t16-/m0/s1. The molecule has 2 N–H and O–H groups in total. The molecule has 2 aromatic rings. The summed E-state index contributed by atoms with van der Waals surface area (Å²) in [6.07, 6.45) is 1.68. The Hall–Kier alpha value is -2.45. The van der Waals surface area contributed by atoms with Gasteiger partial charge in [-0.25, -0.2) is 8.42 Å². The fourth-order valence-corrected chi connectivity index (χ4v) is 3.52. The van der Waals surface area contributed by atoms with E-state index in [1.807, 2.05) is 19.1 Å². The molecule has 0 aromatic heterocycles. The highest BCUT2D eigenvalue weighted by Gasteiger charge is 2.18. The molecule has 1 amide bonds. The van der Waals surface area contributed by atoms with Crippen LogP contribution in [0.5, 0.6) is 11.5 Å². The summed E-state index contributed by atoms with van der Waals surface area (Å²) in [5, 5.41) is 3.08. The van der Waals surface area contributed by atoms with E-state index in [2.05, 4.69) is 10.0 Å². The van der Waals surface area contributed by atoms with Crippen LogP contribution in [0.1, 0.15) is 35.3 Å². The molecular weight excluding hydrogens is 404 g/mol. The summed E-state index contributed by atoms with van der Waals surface area (Å²) in [6.45, 7) is 1.95. The molecule has 0 fully saturated rings. The Bertz CT molecular complexity index is 963. The highest BCUT2D eigenvalue weighted by Crippen LogP contribution is 2.31. The van der Waals surface area contributed by atoms with Gasteiger partial charge in [-0.05, 0) is 42.3 Å². The first-order chi connectivity index (χ1) is 13.2. The van der Waals surface area contributed by atoms with Crippen LogP contribution in [0.3, 0.4) is 0 Å². The minimum Gasteiger partial charge on any atom is -0.493 e. The molecule has 0 saturated heterocycles. The largest absolute Gasteiger partial charge is 0.493 e. The van der Waals surface area contributed by atoms with E-state index < -0.39 is 10.0 Å². The van der Waals surface area contributed by atoms with Gasteiger partial charge in [0.25, 0.3) is 5.91 Å². The van der Waals surface area contributed by atoms with Gasteiger partial charge in [0.1, 0.15) is 0 Å². The Morgan fingerprint density at radius 3 is 2.32 bits per heavy atom. The van der Waals surface area contributed by atoms with Crippen molar-refractivity contribution in [3.63, 3.8) is 0 Å². The van der Waals surface area contributed by atoms with Gasteiger partial charge in [-0.3, -0.25) is 9.52 Å². The number of hydrogen-bond donors (Lipinski definition) is 2. The predicted octanol–water partition coefficient (Wildman–Crippen LogP) is 3.61. The second kappa shape index (κ2) is 9.16. The lowest BCUT2D eigenvalue weighted by atomic mass is 10.0. The zero-order chi connectivity index (χ0) is 20.9. The van der Waals surface area contributed by atoms with Gasteiger partial charge >= 0.3 is 0 Å². The van der Waals surface area contributed by atoms with Gasteiger partial charge in [0.2, 0.25) is 10.0 Å². The van der Waals surface area contributed by atoms with Gasteiger partial charge in [0.05, 0.1) is 37.1 Å². The van der Waals surface area contributed by atoms with Crippen molar-refractivity contribution in [1.82, 2.24) is 5.32 Å². The molecule has 0 aliphatic rings. The van der Waals surface area contributed by atoms with E-state index in [0.29, 0.717) is 17.9 Å². The van der Waals surface area contributed by atoms with Gasteiger partial charge in [-0.1, -0.05) is 24.6 Å². The SMILES string of the molecule is CC[C@H](NC(=O)c1ccc(NS(C)(=O)=O)cc1Cl)c1ccc(OC)c(OC)c1. The molecule has 0 bridgehead atoms. The van der Waals surface area contributed by atoms with Crippen molar-refractivity contribution >= 4 is 33.2 Å². The molecular formula is C19H23ClN2O5S. The molecule has 2 rings (SSSR count). The third-order valence-corrected chi connectivity index (χ3v) is 4.96. The number of methoxy groups -OCH3 is 2. The molecule has 28 heavy (non-hydrogen) atoms. The summed E-state index contributed by atoms with van der Waals surface area (Å²) in [6, 6.07) is 9.55. The topological polar surface area (TPSA) is 93.7 Å². The van der Waals surface area contributed by atoms with Crippen LogP contribution >= 0.6 is 11.6 Å². The van der Waals surface area contributed by atoms with E-state index in [0.717, 1.165) is 11.8 Å². The van der Waals surface area contributed by atoms with Crippen LogP contribution in [-0.4, -0.2) is 34.8 Å². The average molecular weight is 427 g/mol. The van der Waals surface area contributed by atoms with Crippen molar-refractivity contribution in [1.29, 1.82) is 0 Å². The van der Waals surface area contributed by atoms with Crippen molar-refractivity contribution in [2.24, 2.45) is 0 Å². The summed E-state index contributed by atoms with van der Waals surface area (Å²) >= 11 is 6.18. The molecule has 1 atom stereocenters. The molecule has 0 spiro atoms. The number of benzene rings is 2. The first-order valence-electron chi connectivity index (χ1n) is 8.48. The van der Waals surface area contributed by atoms with Crippen molar-refractivity contribution in [3.05, 3.63) is 52.5 Å². The Morgan fingerprint density at radius 2 is 1.79 bits per heavy atom. The monoisotopic (exact) mass is 426 g/mol. The second-order valence-corrected chi connectivity index (χ2v) is 8.27. The normalized spacial score (nSPS) is 12.2. The number of carbonyl (C=O) groups excluding carboxylic acids is 1. The number of nitrogens with one attached hydrogen (secondary N) is 2. The summed E-state index contributed by atoms with van der Waals surface area (Å²) in [4.78, 5) is 12.7. The van der Waals surface area contributed by atoms with Crippen molar-refractivity contribution < 1.29 is 22.7 Å². The fraction of sp³-hybridized carbons (Fsp3) is 0.316. The van der Waals surface area contributed by atoms with Crippen molar-refractivity contribution in [2.45, 2.75) is 19.4 Å². The molecule has 0 aliphatic heterocycles. The molecule has 0 saturated carbocycles. The molecule has 7 nitrogen and oxygen atoms in total. The maximum atomic E-state index is 12.7. The van der Waals surface area contributed by atoms with E-state index in [4.69, 9.17) is 21.1 Å². The summed E-state index contributed by atoms with van der Waals surface area (Å²) < 4.78 is 35.5. The van der Waals surface area contributed by atoms with Gasteiger partial charge in [0.15, 0.2) is 11.5 Å². The smallest absolute Gasteiger partial charge is 0.253 e. The summed E-state index contributed by atoms with van der Waals surface area (Å²) in [5.74, 6) is 0.809.